The molecule has 0 fully saturated rings. The van der Waals surface area contributed by atoms with Crippen LogP contribution < -0.4 is 14.9 Å². The molecule has 5 rings (SSSR count). The maximum Gasteiger partial charge on any atom is 0.291 e. The minimum atomic E-state index is -0.664. The van der Waals surface area contributed by atoms with Crippen LogP contribution in [-0.4, -0.2) is 24.5 Å². The third kappa shape index (κ3) is 4.07. The van der Waals surface area contributed by atoms with Crippen LogP contribution in [0.3, 0.4) is 0 Å². The molecule has 1 amide bonds. The minimum Gasteiger partial charge on any atom is -0.493 e. The van der Waals surface area contributed by atoms with E-state index in [9.17, 15) is 9.59 Å². The zero-order valence-electron chi connectivity index (χ0n) is 20.0. The predicted molar refractivity (Wildman–Crippen MR) is 131 cm³/mol. The summed E-state index contributed by atoms with van der Waals surface area (Å²) in [5.74, 6) is 1.47. The van der Waals surface area contributed by atoms with Crippen molar-refractivity contribution in [2.45, 2.75) is 39.3 Å². The summed E-state index contributed by atoms with van der Waals surface area (Å²) in [7, 11) is 1.57. The smallest absolute Gasteiger partial charge is 0.291 e. The lowest BCUT2D eigenvalue weighted by Gasteiger charge is -2.25. The van der Waals surface area contributed by atoms with Crippen LogP contribution in [0.25, 0.3) is 11.0 Å². The van der Waals surface area contributed by atoms with E-state index in [1.807, 2.05) is 31.2 Å². The van der Waals surface area contributed by atoms with Gasteiger partial charge in [0.2, 0.25) is 5.76 Å². The number of ether oxygens (including phenoxy) is 2. The van der Waals surface area contributed by atoms with Gasteiger partial charge in [-0.1, -0.05) is 31.0 Å². The third-order valence-corrected chi connectivity index (χ3v) is 6.29. The van der Waals surface area contributed by atoms with Crippen molar-refractivity contribution >= 4 is 16.9 Å². The quantitative estimate of drug-likeness (QED) is 0.309. The Balaban J connectivity index is 1.66. The zero-order valence-corrected chi connectivity index (χ0v) is 20.0. The van der Waals surface area contributed by atoms with Gasteiger partial charge >= 0.3 is 0 Å². The molecule has 0 saturated carbocycles. The Kier molecular flexibility index (Phi) is 6.07. The van der Waals surface area contributed by atoms with Gasteiger partial charge < -0.3 is 23.2 Å². The first-order chi connectivity index (χ1) is 17.0. The molecule has 0 saturated heterocycles. The van der Waals surface area contributed by atoms with Crippen LogP contribution in [-0.2, 0) is 6.54 Å². The van der Waals surface area contributed by atoms with Crippen LogP contribution in [0, 0.1) is 6.92 Å². The monoisotopic (exact) mass is 473 g/mol. The van der Waals surface area contributed by atoms with Crippen LogP contribution >= 0.6 is 0 Å². The molecule has 180 valence electrons. The number of carbonyl (C=O) groups is 1. The van der Waals surface area contributed by atoms with E-state index in [1.165, 1.54) is 0 Å². The fourth-order valence-corrected chi connectivity index (χ4v) is 4.51. The number of hydrogen-bond acceptors (Lipinski definition) is 6. The van der Waals surface area contributed by atoms with Crippen LogP contribution in [0.4, 0.5) is 0 Å². The number of unbranched alkanes of at least 4 members (excludes halogenated alkanes) is 1. The second-order valence-electron chi connectivity index (χ2n) is 8.70. The lowest BCUT2D eigenvalue weighted by atomic mass is 9.97. The molecule has 3 heterocycles. The van der Waals surface area contributed by atoms with Gasteiger partial charge in [0, 0.05) is 0 Å². The first-order valence-electron chi connectivity index (χ1n) is 11.7. The molecule has 4 aromatic rings. The molecule has 35 heavy (non-hydrogen) atoms. The first kappa shape index (κ1) is 22.8. The summed E-state index contributed by atoms with van der Waals surface area (Å²) in [5, 5.41) is 0.452. The van der Waals surface area contributed by atoms with Crippen LogP contribution in [0.1, 0.15) is 58.8 Å². The van der Waals surface area contributed by atoms with E-state index in [2.05, 4.69) is 6.92 Å². The lowest BCUT2D eigenvalue weighted by molar-refractivity contribution is 0.0701. The maximum atomic E-state index is 13.7. The molecule has 0 bridgehead atoms. The van der Waals surface area contributed by atoms with Gasteiger partial charge in [0.15, 0.2) is 16.9 Å². The van der Waals surface area contributed by atoms with Gasteiger partial charge in [0.1, 0.15) is 11.3 Å². The fourth-order valence-electron chi connectivity index (χ4n) is 4.51. The zero-order chi connectivity index (χ0) is 24.5. The highest BCUT2D eigenvalue weighted by atomic mass is 16.5. The highest BCUT2D eigenvalue weighted by molar-refractivity contribution is 5.99. The van der Waals surface area contributed by atoms with E-state index < -0.39 is 6.04 Å². The minimum absolute atomic E-state index is 0.0603. The van der Waals surface area contributed by atoms with E-state index in [0.29, 0.717) is 40.4 Å². The van der Waals surface area contributed by atoms with Gasteiger partial charge in [-0.05, 0) is 55.3 Å². The van der Waals surface area contributed by atoms with Gasteiger partial charge in [-0.3, -0.25) is 9.59 Å². The van der Waals surface area contributed by atoms with Crippen molar-refractivity contribution in [2.75, 3.05) is 13.7 Å². The number of carbonyl (C=O) groups excluding carboxylic acids is 1. The topological polar surface area (TPSA) is 82.1 Å². The van der Waals surface area contributed by atoms with Gasteiger partial charge in [0.25, 0.3) is 5.91 Å². The number of furan rings is 1. The van der Waals surface area contributed by atoms with Crippen molar-refractivity contribution in [1.82, 2.24) is 4.90 Å². The SMILES string of the molecule is CCCCOc1ccc([C@@H]2c3c(oc4ccc(C)cc4c3=O)C(=O)N2Cc2ccco2)cc1OC. The number of fused-ring (bicyclic) bond motifs is 2. The summed E-state index contributed by atoms with van der Waals surface area (Å²) in [6.07, 6.45) is 3.51. The number of methoxy groups -OCH3 is 1. The normalized spacial score (nSPS) is 15.0. The average molecular weight is 474 g/mol. The van der Waals surface area contributed by atoms with Crippen molar-refractivity contribution in [2.24, 2.45) is 0 Å². The van der Waals surface area contributed by atoms with Crippen molar-refractivity contribution in [3.63, 3.8) is 0 Å². The summed E-state index contributed by atoms with van der Waals surface area (Å²) >= 11 is 0. The Labute approximate surface area is 202 Å². The van der Waals surface area contributed by atoms with Gasteiger partial charge in [-0.25, -0.2) is 0 Å². The number of aryl methyl sites for hydroxylation is 1. The third-order valence-electron chi connectivity index (χ3n) is 6.29. The fraction of sp³-hybridized carbons (Fsp3) is 0.286. The van der Waals surface area contributed by atoms with Crippen molar-refractivity contribution in [3.05, 3.63) is 93.2 Å². The van der Waals surface area contributed by atoms with Crippen LogP contribution in [0.2, 0.25) is 0 Å². The standard InChI is InChI=1S/C28H27NO6/c1-4-5-12-34-22-11-9-18(15-23(22)32-3)25-24-26(30)20-14-17(2)8-10-21(20)35-27(24)28(31)29(25)16-19-7-6-13-33-19/h6-11,13-15,25H,4-5,12,16H2,1-3H3/t25-/m1/s1. The second kappa shape index (κ2) is 9.33. The van der Waals surface area contributed by atoms with Gasteiger partial charge in [-0.2, -0.15) is 0 Å². The van der Waals surface area contributed by atoms with Gasteiger partial charge in [-0.15, -0.1) is 0 Å². The molecule has 1 aliphatic rings. The molecule has 0 unspecified atom stereocenters. The molecule has 7 heteroatoms. The van der Waals surface area contributed by atoms with E-state index in [0.717, 1.165) is 24.0 Å². The number of nitrogens with zero attached hydrogens (tertiary/aromatic N) is 1. The van der Waals surface area contributed by atoms with E-state index in [4.69, 9.17) is 18.3 Å². The number of benzene rings is 2. The largest absolute Gasteiger partial charge is 0.493 e. The Morgan fingerprint density at radius 2 is 1.91 bits per heavy atom. The van der Waals surface area contributed by atoms with Crippen LogP contribution in [0.5, 0.6) is 11.5 Å². The number of amides is 1. The lowest BCUT2D eigenvalue weighted by Crippen LogP contribution is -2.29. The van der Waals surface area contributed by atoms with E-state index >= 15 is 0 Å². The Morgan fingerprint density at radius 3 is 2.66 bits per heavy atom. The summed E-state index contributed by atoms with van der Waals surface area (Å²) in [5.41, 5.74) is 2.16. The Hall–Kier alpha value is -4.00. The highest BCUT2D eigenvalue weighted by Gasteiger charge is 2.43. The highest BCUT2D eigenvalue weighted by Crippen LogP contribution is 2.41. The molecule has 2 aromatic heterocycles. The van der Waals surface area contributed by atoms with E-state index in [1.54, 1.807) is 42.5 Å². The molecule has 0 N–H and O–H groups in total. The molecule has 1 aliphatic heterocycles. The van der Waals surface area contributed by atoms with Crippen molar-refractivity contribution in [3.8, 4) is 11.5 Å². The molecular formula is C28H27NO6. The van der Waals surface area contributed by atoms with E-state index in [-0.39, 0.29) is 23.6 Å². The average Bonchev–Trinajstić information content (AvgIpc) is 3.47. The van der Waals surface area contributed by atoms with Gasteiger partial charge in [0.05, 0.1) is 43.5 Å². The summed E-state index contributed by atoms with van der Waals surface area (Å²) < 4.78 is 23.0. The molecule has 7 nitrogen and oxygen atoms in total. The van der Waals surface area contributed by atoms with Crippen molar-refractivity contribution in [1.29, 1.82) is 0 Å². The second-order valence-corrected chi connectivity index (χ2v) is 8.70. The summed E-state index contributed by atoms with van der Waals surface area (Å²) in [6, 6.07) is 13.8. The predicted octanol–water partition coefficient (Wildman–Crippen LogP) is 5.63. The molecule has 0 spiro atoms. The Morgan fingerprint density at radius 1 is 1.06 bits per heavy atom. The molecule has 0 radical (unpaired) electrons. The maximum absolute atomic E-state index is 13.7. The summed E-state index contributed by atoms with van der Waals surface area (Å²) in [4.78, 5) is 28.9. The molecule has 1 atom stereocenters. The number of rotatable bonds is 8. The molecule has 2 aromatic carbocycles. The van der Waals surface area contributed by atoms with Crippen molar-refractivity contribution < 1.29 is 23.1 Å². The molecule has 0 aliphatic carbocycles. The van der Waals surface area contributed by atoms with Crippen LogP contribution in [0.15, 0.2) is 68.4 Å². The summed E-state index contributed by atoms with van der Waals surface area (Å²) in [6.45, 7) is 4.78. The Bertz CT molecular complexity index is 1440. The molecular weight excluding hydrogens is 446 g/mol. The number of hydrogen-bond donors (Lipinski definition) is 0. The first-order valence-corrected chi connectivity index (χ1v) is 11.7.